The molecule has 0 spiro atoms. The first-order valence-corrected chi connectivity index (χ1v) is 11.0. The number of hydrogen-bond donors (Lipinski definition) is 1. The molecule has 2 aromatic rings. The summed E-state index contributed by atoms with van der Waals surface area (Å²) in [5.74, 6) is 0.727. The second-order valence-electron chi connectivity index (χ2n) is 8.22. The summed E-state index contributed by atoms with van der Waals surface area (Å²) in [4.78, 5) is 22.7. The summed E-state index contributed by atoms with van der Waals surface area (Å²) in [5, 5.41) is 7.73. The molecule has 9 heteroatoms. The number of likely N-dealkylation sites (N-methyl/N-ethyl adjacent to an activating group) is 1. The molecule has 0 bridgehead atoms. The largest absolute Gasteiger partial charge is 0.375 e. The minimum atomic E-state index is -0.0711. The third kappa shape index (κ3) is 6.71. The Morgan fingerprint density at radius 3 is 2.75 bits per heavy atom. The van der Waals surface area contributed by atoms with Gasteiger partial charge >= 0.3 is 0 Å². The molecule has 3 rings (SSSR count). The number of carbonyl (C=O) groups is 1. The van der Waals surface area contributed by atoms with E-state index in [1.807, 2.05) is 37.6 Å². The number of rotatable bonds is 8. The summed E-state index contributed by atoms with van der Waals surface area (Å²) in [6, 6.07) is 10.3. The molecule has 1 amide bonds. The minimum absolute atomic E-state index is 0.0230. The van der Waals surface area contributed by atoms with E-state index in [0.29, 0.717) is 13.2 Å². The molecular formula is C23H35N7O2. The van der Waals surface area contributed by atoms with E-state index in [1.165, 1.54) is 5.69 Å². The summed E-state index contributed by atoms with van der Waals surface area (Å²) in [6.45, 7) is 3.79. The van der Waals surface area contributed by atoms with Crippen LogP contribution in [0, 0.1) is 0 Å². The smallest absolute Gasteiger partial charge is 0.243 e. The van der Waals surface area contributed by atoms with Gasteiger partial charge in [0.25, 0.3) is 0 Å². The Balaban J connectivity index is 1.60. The molecule has 0 radical (unpaired) electrons. The summed E-state index contributed by atoms with van der Waals surface area (Å²) in [7, 11) is 7.49. The number of carbonyl (C=O) groups excluding carboxylic acids is 1. The predicted molar refractivity (Wildman–Crippen MR) is 127 cm³/mol. The second kappa shape index (κ2) is 11.5. The highest BCUT2D eigenvalue weighted by Crippen LogP contribution is 2.21. The number of anilines is 1. The number of nitrogens with one attached hydrogen (secondary N) is 1. The van der Waals surface area contributed by atoms with Gasteiger partial charge in [-0.2, -0.15) is 5.10 Å². The van der Waals surface area contributed by atoms with E-state index >= 15 is 0 Å². The molecule has 1 aliphatic rings. The Morgan fingerprint density at radius 2 is 2.06 bits per heavy atom. The SMILES string of the molecule is CN(C)C(=O)CN=C(NCCCN(C)c1ccccc1)N1CCOC(c2cnn(C)c2)C1. The van der Waals surface area contributed by atoms with Crippen molar-refractivity contribution in [3.05, 3.63) is 48.3 Å². The topological polar surface area (TPSA) is 78.2 Å². The zero-order valence-electron chi connectivity index (χ0n) is 19.6. The first kappa shape index (κ1) is 23.6. The number of ether oxygens (including phenoxy) is 1. The van der Waals surface area contributed by atoms with Crippen molar-refractivity contribution in [2.45, 2.75) is 12.5 Å². The number of morpholine rings is 1. The van der Waals surface area contributed by atoms with Gasteiger partial charge in [-0.1, -0.05) is 18.2 Å². The molecular weight excluding hydrogens is 406 g/mol. The number of aromatic nitrogens is 2. The molecule has 1 aliphatic heterocycles. The van der Waals surface area contributed by atoms with E-state index < -0.39 is 0 Å². The Bertz CT molecular complexity index is 881. The van der Waals surface area contributed by atoms with Gasteiger partial charge in [-0.15, -0.1) is 0 Å². The first-order chi connectivity index (χ1) is 15.4. The van der Waals surface area contributed by atoms with Gasteiger partial charge < -0.3 is 24.8 Å². The number of amides is 1. The van der Waals surface area contributed by atoms with Gasteiger partial charge in [0.15, 0.2) is 5.96 Å². The number of aryl methyl sites for hydroxylation is 1. The monoisotopic (exact) mass is 441 g/mol. The van der Waals surface area contributed by atoms with E-state index in [1.54, 1.807) is 23.7 Å². The van der Waals surface area contributed by atoms with E-state index in [-0.39, 0.29) is 18.6 Å². The van der Waals surface area contributed by atoms with Crippen LogP contribution in [-0.4, -0.2) is 91.9 Å². The van der Waals surface area contributed by atoms with E-state index in [9.17, 15) is 4.79 Å². The molecule has 0 aliphatic carbocycles. The third-order valence-corrected chi connectivity index (χ3v) is 5.48. The normalized spacial score (nSPS) is 16.7. The van der Waals surface area contributed by atoms with Crippen LogP contribution < -0.4 is 10.2 Å². The molecule has 1 atom stereocenters. The van der Waals surface area contributed by atoms with Crippen LogP contribution in [0.15, 0.2) is 47.7 Å². The Morgan fingerprint density at radius 1 is 1.28 bits per heavy atom. The molecule has 1 fully saturated rings. The second-order valence-corrected chi connectivity index (χ2v) is 8.22. The maximum atomic E-state index is 12.1. The maximum absolute atomic E-state index is 12.1. The van der Waals surface area contributed by atoms with Crippen LogP contribution in [0.5, 0.6) is 0 Å². The molecule has 1 aromatic heterocycles. The van der Waals surface area contributed by atoms with Crippen LogP contribution in [0.2, 0.25) is 0 Å². The lowest BCUT2D eigenvalue weighted by Gasteiger charge is -2.35. The zero-order valence-corrected chi connectivity index (χ0v) is 19.6. The predicted octanol–water partition coefficient (Wildman–Crippen LogP) is 1.35. The maximum Gasteiger partial charge on any atom is 0.243 e. The van der Waals surface area contributed by atoms with E-state index in [0.717, 1.165) is 37.6 Å². The fourth-order valence-corrected chi connectivity index (χ4v) is 3.53. The summed E-state index contributed by atoms with van der Waals surface area (Å²) < 4.78 is 7.75. The highest BCUT2D eigenvalue weighted by Gasteiger charge is 2.25. The number of hydrogen-bond acceptors (Lipinski definition) is 5. The van der Waals surface area contributed by atoms with Crippen molar-refractivity contribution in [3.8, 4) is 0 Å². The molecule has 0 saturated carbocycles. The van der Waals surface area contributed by atoms with Gasteiger partial charge in [0.2, 0.25) is 5.91 Å². The minimum Gasteiger partial charge on any atom is -0.375 e. The zero-order chi connectivity index (χ0) is 22.9. The lowest BCUT2D eigenvalue weighted by Crippen LogP contribution is -2.49. The highest BCUT2D eigenvalue weighted by atomic mass is 16.5. The van der Waals surface area contributed by atoms with Crippen LogP contribution in [0.25, 0.3) is 0 Å². The highest BCUT2D eigenvalue weighted by molar-refractivity contribution is 5.85. The molecule has 32 heavy (non-hydrogen) atoms. The van der Waals surface area contributed by atoms with Crippen LogP contribution in [-0.2, 0) is 16.6 Å². The van der Waals surface area contributed by atoms with Crippen LogP contribution in [0.4, 0.5) is 5.69 Å². The van der Waals surface area contributed by atoms with E-state index in [2.05, 4.69) is 44.4 Å². The molecule has 2 heterocycles. The van der Waals surface area contributed by atoms with Crippen molar-refractivity contribution < 1.29 is 9.53 Å². The lowest BCUT2D eigenvalue weighted by molar-refractivity contribution is -0.127. The molecule has 9 nitrogen and oxygen atoms in total. The van der Waals surface area contributed by atoms with Crippen molar-refractivity contribution in [1.29, 1.82) is 0 Å². The third-order valence-electron chi connectivity index (χ3n) is 5.48. The number of aliphatic imine (C=N–C) groups is 1. The molecule has 1 aromatic carbocycles. The van der Waals surface area contributed by atoms with Gasteiger partial charge in [0, 0.05) is 65.3 Å². The molecule has 1 N–H and O–H groups in total. The number of para-hydroxylation sites is 1. The van der Waals surface area contributed by atoms with Crippen LogP contribution >= 0.6 is 0 Å². The van der Waals surface area contributed by atoms with Gasteiger partial charge in [0.05, 0.1) is 19.3 Å². The summed E-state index contributed by atoms with van der Waals surface area (Å²) in [5.41, 5.74) is 2.25. The fraction of sp³-hybridized carbons (Fsp3) is 0.522. The van der Waals surface area contributed by atoms with Gasteiger partial charge in [-0.3, -0.25) is 9.48 Å². The Hall–Kier alpha value is -3.07. The van der Waals surface area contributed by atoms with Gasteiger partial charge in [-0.05, 0) is 18.6 Å². The number of guanidine groups is 1. The molecule has 1 saturated heterocycles. The van der Waals surface area contributed by atoms with Crippen molar-refractivity contribution in [1.82, 2.24) is 24.9 Å². The summed E-state index contributed by atoms with van der Waals surface area (Å²) >= 11 is 0. The van der Waals surface area contributed by atoms with Crippen LogP contribution in [0.1, 0.15) is 18.1 Å². The van der Waals surface area contributed by atoms with Gasteiger partial charge in [-0.25, -0.2) is 4.99 Å². The Kier molecular flexibility index (Phi) is 8.49. The molecule has 1 unspecified atom stereocenters. The Labute approximate surface area is 190 Å². The number of benzene rings is 1. The average molecular weight is 442 g/mol. The number of nitrogens with zero attached hydrogens (tertiary/aromatic N) is 6. The lowest BCUT2D eigenvalue weighted by atomic mass is 10.1. The van der Waals surface area contributed by atoms with E-state index in [4.69, 9.17) is 4.74 Å². The fourth-order valence-electron chi connectivity index (χ4n) is 3.53. The van der Waals surface area contributed by atoms with Crippen molar-refractivity contribution >= 4 is 17.6 Å². The average Bonchev–Trinajstić information content (AvgIpc) is 3.25. The van der Waals surface area contributed by atoms with Crippen molar-refractivity contribution in [2.75, 3.05) is 65.4 Å². The van der Waals surface area contributed by atoms with Gasteiger partial charge in [0.1, 0.15) is 12.6 Å². The van der Waals surface area contributed by atoms with Crippen LogP contribution in [0.3, 0.4) is 0 Å². The molecule has 174 valence electrons. The standard InChI is InChI=1S/C23H35N7O2/c1-27(2)22(31)16-25-23(24-11-8-12-28(3)20-9-6-5-7-10-20)30-13-14-32-21(18-30)19-15-26-29(4)17-19/h5-7,9-10,15,17,21H,8,11-14,16,18H2,1-4H3,(H,24,25). The summed E-state index contributed by atoms with van der Waals surface area (Å²) in [6.07, 6.45) is 4.70. The first-order valence-electron chi connectivity index (χ1n) is 11.0. The van der Waals surface area contributed by atoms with Crippen molar-refractivity contribution in [2.24, 2.45) is 12.0 Å². The quantitative estimate of drug-likeness (QED) is 0.379. The van der Waals surface area contributed by atoms with Crippen molar-refractivity contribution in [3.63, 3.8) is 0 Å².